The van der Waals surface area contributed by atoms with Gasteiger partial charge < -0.3 is 9.84 Å². The van der Waals surface area contributed by atoms with Crippen LogP contribution in [0.25, 0.3) is 16.9 Å². The van der Waals surface area contributed by atoms with Crippen LogP contribution in [0.4, 0.5) is 0 Å². The number of nitrogens with zero attached hydrogens (tertiary/aromatic N) is 4. The van der Waals surface area contributed by atoms with Crippen molar-refractivity contribution < 1.29 is 4.52 Å². The maximum Gasteiger partial charge on any atom is 0.291 e. The third-order valence-corrected chi connectivity index (χ3v) is 3.75. The predicted octanol–water partition coefficient (Wildman–Crippen LogP) is 1.66. The molecule has 0 spiro atoms. The molecule has 3 aromatic rings. The van der Waals surface area contributed by atoms with Gasteiger partial charge in [0.05, 0.1) is 17.1 Å². The van der Waals surface area contributed by atoms with Crippen LogP contribution in [0.2, 0.25) is 0 Å². The molecular weight excluding hydrogens is 254 g/mol. The minimum atomic E-state index is 0.337. The van der Waals surface area contributed by atoms with Gasteiger partial charge in [0, 0.05) is 18.5 Å². The highest BCUT2D eigenvalue weighted by atomic mass is 16.5. The summed E-state index contributed by atoms with van der Waals surface area (Å²) >= 11 is 0. The number of benzene rings is 1. The lowest BCUT2D eigenvalue weighted by atomic mass is 10.0. The lowest BCUT2D eigenvalue weighted by Gasteiger charge is -2.22. The van der Waals surface area contributed by atoms with Gasteiger partial charge >= 0.3 is 0 Å². The van der Waals surface area contributed by atoms with Crippen molar-refractivity contribution in [2.45, 2.75) is 19.3 Å². The summed E-state index contributed by atoms with van der Waals surface area (Å²) in [6, 6.07) is 8.13. The molecule has 0 atom stereocenters. The highest BCUT2D eigenvalue weighted by Gasteiger charge is 2.26. The van der Waals surface area contributed by atoms with Crippen LogP contribution in [0, 0.1) is 0 Å². The van der Waals surface area contributed by atoms with Crippen LogP contribution in [-0.4, -0.2) is 33.0 Å². The number of hydrogen-bond acceptors (Lipinski definition) is 5. The van der Waals surface area contributed by atoms with E-state index in [1.807, 2.05) is 18.2 Å². The minimum absolute atomic E-state index is 0.337. The maximum absolute atomic E-state index is 5.35. The normalized spacial score (nSPS) is 15.7. The minimum Gasteiger partial charge on any atom is -0.337 e. The second-order valence-corrected chi connectivity index (χ2v) is 5.02. The van der Waals surface area contributed by atoms with Crippen molar-refractivity contribution >= 4 is 10.9 Å². The first kappa shape index (κ1) is 11.6. The predicted molar refractivity (Wildman–Crippen MR) is 73.9 cm³/mol. The van der Waals surface area contributed by atoms with Gasteiger partial charge in [0.25, 0.3) is 5.95 Å². The highest BCUT2D eigenvalue weighted by Crippen LogP contribution is 2.23. The van der Waals surface area contributed by atoms with Gasteiger partial charge in [-0.3, -0.25) is 0 Å². The third kappa shape index (κ3) is 1.65. The molecule has 3 heterocycles. The van der Waals surface area contributed by atoms with Crippen LogP contribution >= 0.6 is 0 Å². The fraction of sp³-hybridized carbons (Fsp3) is 0.357. The molecule has 6 nitrogen and oxygen atoms in total. The number of hydrogen-bond donors (Lipinski definition) is 1. The second-order valence-electron chi connectivity index (χ2n) is 5.02. The van der Waals surface area contributed by atoms with E-state index in [-0.39, 0.29) is 0 Å². The van der Waals surface area contributed by atoms with E-state index < -0.39 is 0 Å². The first-order chi connectivity index (χ1) is 9.86. The zero-order valence-corrected chi connectivity index (χ0v) is 11.2. The molecular formula is C14H15N5O. The summed E-state index contributed by atoms with van der Waals surface area (Å²) in [6.07, 6.45) is 0.880. The van der Waals surface area contributed by atoms with Crippen molar-refractivity contribution in [3.05, 3.63) is 35.9 Å². The zero-order valence-electron chi connectivity index (χ0n) is 11.2. The average Bonchev–Trinajstić information content (AvgIpc) is 3.01. The Morgan fingerprint density at radius 3 is 2.95 bits per heavy atom. The molecule has 0 bridgehead atoms. The standard InChI is InChI=1S/C14H15N5O/c1-2-11-10-5-3-4-6-12(10)19(17-11)14-16-13(20-18-14)9-7-15-8-9/h3-6,9,15H,2,7-8H2,1H3. The molecule has 6 heteroatoms. The fourth-order valence-corrected chi connectivity index (χ4v) is 2.49. The van der Waals surface area contributed by atoms with E-state index in [2.05, 4.69) is 33.5 Å². The van der Waals surface area contributed by atoms with Gasteiger partial charge in [-0.05, 0) is 17.6 Å². The van der Waals surface area contributed by atoms with Crippen molar-refractivity contribution in [1.82, 2.24) is 25.2 Å². The van der Waals surface area contributed by atoms with Gasteiger partial charge in [0.1, 0.15) is 0 Å². The van der Waals surface area contributed by atoms with E-state index in [1.54, 1.807) is 4.68 Å². The monoisotopic (exact) mass is 269 g/mol. The number of nitrogens with one attached hydrogen (secondary N) is 1. The molecule has 0 saturated carbocycles. The lowest BCUT2D eigenvalue weighted by Crippen LogP contribution is -2.40. The Labute approximate surface area is 115 Å². The average molecular weight is 269 g/mol. The molecule has 0 radical (unpaired) electrons. The summed E-state index contributed by atoms with van der Waals surface area (Å²) in [5.41, 5.74) is 2.07. The molecule has 0 unspecified atom stereocenters. The van der Waals surface area contributed by atoms with Crippen molar-refractivity contribution in [1.29, 1.82) is 0 Å². The summed E-state index contributed by atoms with van der Waals surface area (Å²) in [7, 11) is 0. The summed E-state index contributed by atoms with van der Waals surface area (Å²) in [6.45, 7) is 3.91. The second kappa shape index (κ2) is 4.42. The molecule has 4 rings (SSSR count). The highest BCUT2D eigenvalue weighted by molar-refractivity contribution is 5.83. The third-order valence-electron chi connectivity index (χ3n) is 3.75. The molecule has 1 saturated heterocycles. The molecule has 0 aliphatic carbocycles. The topological polar surface area (TPSA) is 68.8 Å². The zero-order chi connectivity index (χ0) is 13.5. The van der Waals surface area contributed by atoms with Crippen molar-refractivity contribution in [3.63, 3.8) is 0 Å². The van der Waals surface area contributed by atoms with Gasteiger partial charge in [-0.15, -0.1) is 0 Å². The number of fused-ring (bicyclic) bond motifs is 1. The quantitative estimate of drug-likeness (QED) is 0.783. The van der Waals surface area contributed by atoms with Crippen LogP contribution in [0.1, 0.15) is 24.4 Å². The van der Waals surface area contributed by atoms with E-state index in [4.69, 9.17) is 4.52 Å². The molecule has 1 aromatic carbocycles. The van der Waals surface area contributed by atoms with Crippen LogP contribution < -0.4 is 5.32 Å². The van der Waals surface area contributed by atoms with Gasteiger partial charge in [0.15, 0.2) is 0 Å². The molecule has 2 aromatic heterocycles. The molecule has 1 fully saturated rings. The van der Waals surface area contributed by atoms with Crippen LogP contribution in [-0.2, 0) is 6.42 Å². The molecule has 102 valence electrons. The van der Waals surface area contributed by atoms with E-state index in [0.717, 1.165) is 36.1 Å². The maximum atomic E-state index is 5.35. The SMILES string of the molecule is CCc1nn(-c2noc(C3CNC3)n2)c2ccccc12. The smallest absolute Gasteiger partial charge is 0.291 e. The van der Waals surface area contributed by atoms with E-state index in [9.17, 15) is 0 Å². The number of aryl methyl sites for hydroxylation is 1. The summed E-state index contributed by atoms with van der Waals surface area (Å²) < 4.78 is 7.12. The Kier molecular flexibility index (Phi) is 2.56. The Morgan fingerprint density at radius 2 is 2.20 bits per heavy atom. The van der Waals surface area contributed by atoms with Gasteiger partial charge in [-0.25, -0.2) is 0 Å². The lowest BCUT2D eigenvalue weighted by molar-refractivity contribution is 0.307. The molecule has 0 amide bonds. The summed E-state index contributed by atoms with van der Waals surface area (Å²) in [5, 5.41) is 13.0. The molecule has 1 aliphatic rings. The number of aromatic nitrogens is 4. The Morgan fingerprint density at radius 1 is 1.35 bits per heavy atom. The molecule has 1 N–H and O–H groups in total. The number of para-hydroxylation sites is 1. The Bertz CT molecular complexity index is 756. The van der Waals surface area contributed by atoms with Crippen LogP contribution in [0.5, 0.6) is 0 Å². The first-order valence-electron chi connectivity index (χ1n) is 6.88. The Hall–Kier alpha value is -2.21. The summed E-state index contributed by atoms with van der Waals surface area (Å²) in [4.78, 5) is 4.48. The van der Waals surface area contributed by atoms with Gasteiger partial charge in [-0.1, -0.05) is 25.1 Å². The Balaban J connectivity index is 1.83. The van der Waals surface area contributed by atoms with Crippen molar-refractivity contribution in [2.75, 3.05) is 13.1 Å². The molecule has 20 heavy (non-hydrogen) atoms. The summed E-state index contributed by atoms with van der Waals surface area (Å²) in [5.74, 6) is 1.54. The molecule has 1 aliphatic heterocycles. The van der Waals surface area contributed by atoms with Crippen LogP contribution in [0.15, 0.2) is 28.8 Å². The van der Waals surface area contributed by atoms with E-state index >= 15 is 0 Å². The van der Waals surface area contributed by atoms with E-state index in [1.165, 1.54) is 0 Å². The van der Waals surface area contributed by atoms with Crippen molar-refractivity contribution in [3.8, 4) is 5.95 Å². The largest absolute Gasteiger partial charge is 0.337 e. The van der Waals surface area contributed by atoms with Gasteiger partial charge in [-0.2, -0.15) is 14.8 Å². The number of rotatable bonds is 3. The van der Waals surface area contributed by atoms with Crippen molar-refractivity contribution in [2.24, 2.45) is 0 Å². The fourth-order valence-electron chi connectivity index (χ4n) is 2.49. The van der Waals surface area contributed by atoms with Gasteiger partial charge in [0.2, 0.25) is 5.89 Å². The van der Waals surface area contributed by atoms with Crippen LogP contribution in [0.3, 0.4) is 0 Å². The first-order valence-corrected chi connectivity index (χ1v) is 6.88. The van der Waals surface area contributed by atoms with E-state index in [0.29, 0.717) is 17.8 Å².